The number of aliphatic hydroxyl groups excluding tert-OH is 1. The van der Waals surface area contributed by atoms with Gasteiger partial charge < -0.3 is 9.84 Å². The van der Waals surface area contributed by atoms with E-state index in [4.69, 9.17) is 4.74 Å². The van der Waals surface area contributed by atoms with E-state index in [1.54, 1.807) is 0 Å². The van der Waals surface area contributed by atoms with Crippen molar-refractivity contribution >= 4 is 5.97 Å². The number of aliphatic hydroxyl groups is 1. The quantitative estimate of drug-likeness (QED) is 0.0519. The standard InChI is InChI=1S/C44H89NO3/c1-6-10-13-16-20-25-33-42(32-9-4)34-26-21-17-23-30-38-45(41(5)40-46)39-31-24-18-22-29-37-44(47)48-43(35-27-15-12-8-3)36-28-19-14-11-7-2/h41-43,46H,6-40H2,1-5H3. The molecule has 0 bridgehead atoms. The molecule has 0 aromatic rings. The van der Waals surface area contributed by atoms with Crippen molar-refractivity contribution in [2.24, 2.45) is 5.92 Å². The molecule has 0 aliphatic carbocycles. The minimum absolute atomic E-state index is 0.0286. The van der Waals surface area contributed by atoms with Gasteiger partial charge in [0.15, 0.2) is 0 Å². The number of unbranched alkanes of at least 4 members (excludes halogenated alkanes) is 20. The van der Waals surface area contributed by atoms with E-state index in [9.17, 15) is 9.90 Å². The van der Waals surface area contributed by atoms with Crippen molar-refractivity contribution in [3.8, 4) is 0 Å². The van der Waals surface area contributed by atoms with Gasteiger partial charge in [0.2, 0.25) is 0 Å². The van der Waals surface area contributed by atoms with Crippen molar-refractivity contribution in [3.63, 3.8) is 0 Å². The maximum Gasteiger partial charge on any atom is 0.306 e. The molecule has 0 aliphatic rings. The molecule has 0 heterocycles. The monoisotopic (exact) mass is 680 g/mol. The highest BCUT2D eigenvalue weighted by molar-refractivity contribution is 5.69. The Balaban J connectivity index is 4.10. The fourth-order valence-electron chi connectivity index (χ4n) is 7.40. The van der Waals surface area contributed by atoms with Gasteiger partial charge in [-0.05, 0) is 70.9 Å². The summed E-state index contributed by atoms with van der Waals surface area (Å²) in [6.45, 7) is 13.8. The fraction of sp³-hybridized carbons (Fsp3) is 0.977. The number of rotatable bonds is 39. The summed E-state index contributed by atoms with van der Waals surface area (Å²) in [6.07, 6.45) is 40.7. The summed E-state index contributed by atoms with van der Waals surface area (Å²) in [5, 5.41) is 9.84. The van der Waals surface area contributed by atoms with Gasteiger partial charge in [0.25, 0.3) is 0 Å². The largest absolute Gasteiger partial charge is 0.462 e. The van der Waals surface area contributed by atoms with E-state index in [0.717, 1.165) is 44.7 Å². The molecule has 1 N–H and O–H groups in total. The molecule has 0 fully saturated rings. The van der Waals surface area contributed by atoms with Gasteiger partial charge >= 0.3 is 5.97 Å². The lowest BCUT2D eigenvalue weighted by atomic mass is 9.90. The first-order valence-electron chi connectivity index (χ1n) is 22.1. The number of nitrogens with zero attached hydrogens (tertiary/aromatic N) is 1. The summed E-state index contributed by atoms with van der Waals surface area (Å²) in [6, 6.07) is 0.248. The minimum atomic E-state index is 0.0286. The Labute approximate surface area is 302 Å². The third-order valence-corrected chi connectivity index (χ3v) is 10.7. The van der Waals surface area contributed by atoms with E-state index < -0.39 is 0 Å². The van der Waals surface area contributed by atoms with Crippen LogP contribution in [0.2, 0.25) is 0 Å². The maximum absolute atomic E-state index is 12.6. The summed E-state index contributed by atoms with van der Waals surface area (Å²) < 4.78 is 5.98. The first-order valence-corrected chi connectivity index (χ1v) is 22.1. The van der Waals surface area contributed by atoms with Gasteiger partial charge in [-0.15, -0.1) is 0 Å². The van der Waals surface area contributed by atoms with Crippen LogP contribution >= 0.6 is 0 Å². The smallest absolute Gasteiger partial charge is 0.306 e. The number of carbonyl (C=O) groups is 1. The van der Waals surface area contributed by atoms with Crippen LogP contribution < -0.4 is 0 Å². The van der Waals surface area contributed by atoms with Gasteiger partial charge in [0.1, 0.15) is 6.10 Å². The zero-order chi connectivity index (χ0) is 35.3. The van der Waals surface area contributed by atoms with Crippen LogP contribution in [0.15, 0.2) is 0 Å². The predicted molar refractivity (Wildman–Crippen MR) is 212 cm³/mol. The number of ether oxygens (including phenoxy) is 1. The van der Waals surface area contributed by atoms with E-state index in [-0.39, 0.29) is 24.7 Å². The Morgan fingerprint density at radius 1 is 0.500 bits per heavy atom. The average molecular weight is 680 g/mol. The maximum atomic E-state index is 12.6. The Bertz CT molecular complexity index is 641. The first kappa shape index (κ1) is 47.4. The van der Waals surface area contributed by atoms with Crippen LogP contribution in [-0.2, 0) is 9.53 Å². The molecule has 0 aromatic heterocycles. The van der Waals surface area contributed by atoms with Crippen molar-refractivity contribution in [2.75, 3.05) is 19.7 Å². The average Bonchev–Trinajstić information content (AvgIpc) is 3.09. The zero-order valence-electron chi connectivity index (χ0n) is 33.7. The fourth-order valence-corrected chi connectivity index (χ4v) is 7.40. The van der Waals surface area contributed by atoms with E-state index in [1.165, 1.54) is 173 Å². The normalized spacial score (nSPS) is 13.6. The van der Waals surface area contributed by atoms with Gasteiger partial charge in [0, 0.05) is 12.5 Å². The van der Waals surface area contributed by atoms with Crippen molar-refractivity contribution in [2.45, 2.75) is 252 Å². The van der Waals surface area contributed by atoms with Crippen LogP contribution in [0.4, 0.5) is 0 Å². The van der Waals surface area contributed by atoms with Crippen LogP contribution in [0.1, 0.15) is 240 Å². The number of carbonyl (C=O) groups excluding carboxylic acids is 1. The van der Waals surface area contributed by atoms with Crippen LogP contribution in [-0.4, -0.2) is 47.8 Å². The van der Waals surface area contributed by atoms with Crippen molar-refractivity contribution in [1.29, 1.82) is 0 Å². The molecule has 0 amide bonds. The molecule has 0 saturated carbocycles. The topological polar surface area (TPSA) is 49.8 Å². The lowest BCUT2D eigenvalue weighted by Crippen LogP contribution is -2.37. The zero-order valence-corrected chi connectivity index (χ0v) is 33.7. The summed E-state index contributed by atoms with van der Waals surface area (Å²) in [5.74, 6) is 0.990. The Morgan fingerprint density at radius 3 is 1.35 bits per heavy atom. The number of hydrogen-bond acceptors (Lipinski definition) is 4. The van der Waals surface area contributed by atoms with Crippen LogP contribution in [0.25, 0.3) is 0 Å². The van der Waals surface area contributed by atoms with Crippen LogP contribution in [0.3, 0.4) is 0 Å². The third-order valence-electron chi connectivity index (χ3n) is 10.7. The van der Waals surface area contributed by atoms with Crippen LogP contribution in [0, 0.1) is 5.92 Å². The summed E-state index contributed by atoms with van der Waals surface area (Å²) >= 11 is 0. The highest BCUT2D eigenvalue weighted by atomic mass is 16.5. The SMILES string of the molecule is CCCCCCCCC(CCC)CCCCCCCN(CCCCCCCC(=O)OC(CCCCCC)CCCCCCC)C(C)CO. The molecular formula is C44H89NO3. The minimum Gasteiger partial charge on any atom is -0.462 e. The highest BCUT2D eigenvalue weighted by Gasteiger charge is 2.15. The Kier molecular flexibility index (Phi) is 37.2. The van der Waals surface area contributed by atoms with Gasteiger partial charge in [0.05, 0.1) is 6.61 Å². The summed E-state index contributed by atoms with van der Waals surface area (Å²) in [4.78, 5) is 15.1. The summed E-state index contributed by atoms with van der Waals surface area (Å²) in [7, 11) is 0. The molecule has 3 atom stereocenters. The van der Waals surface area contributed by atoms with E-state index >= 15 is 0 Å². The predicted octanol–water partition coefficient (Wildman–Crippen LogP) is 13.8. The van der Waals surface area contributed by atoms with Gasteiger partial charge in [-0.3, -0.25) is 9.69 Å². The van der Waals surface area contributed by atoms with E-state index in [1.807, 2.05) is 0 Å². The Morgan fingerprint density at radius 2 is 0.896 bits per heavy atom. The van der Waals surface area contributed by atoms with Gasteiger partial charge in [-0.1, -0.05) is 182 Å². The van der Waals surface area contributed by atoms with Crippen molar-refractivity contribution in [3.05, 3.63) is 0 Å². The molecule has 4 nitrogen and oxygen atoms in total. The Hall–Kier alpha value is -0.610. The van der Waals surface area contributed by atoms with Crippen LogP contribution in [0.5, 0.6) is 0 Å². The molecular weight excluding hydrogens is 590 g/mol. The molecule has 0 aliphatic heterocycles. The number of hydrogen-bond donors (Lipinski definition) is 1. The molecule has 0 rings (SSSR count). The van der Waals surface area contributed by atoms with E-state index in [0.29, 0.717) is 6.42 Å². The second kappa shape index (κ2) is 37.6. The van der Waals surface area contributed by atoms with Crippen molar-refractivity contribution < 1.29 is 14.6 Å². The second-order valence-electron chi connectivity index (χ2n) is 15.5. The molecule has 4 heteroatoms. The van der Waals surface area contributed by atoms with Gasteiger partial charge in [-0.2, -0.15) is 0 Å². The summed E-state index contributed by atoms with van der Waals surface area (Å²) in [5.41, 5.74) is 0. The molecule has 0 spiro atoms. The first-order chi connectivity index (χ1) is 23.5. The number of esters is 1. The molecule has 3 unspecified atom stereocenters. The lowest BCUT2D eigenvalue weighted by molar-refractivity contribution is -0.150. The lowest BCUT2D eigenvalue weighted by Gasteiger charge is -2.28. The third kappa shape index (κ3) is 31.4. The molecule has 48 heavy (non-hydrogen) atoms. The van der Waals surface area contributed by atoms with E-state index in [2.05, 4.69) is 39.5 Å². The van der Waals surface area contributed by atoms with Crippen molar-refractivity contribution in [1.82, 2.24) is 4.90 Å². The molecule has 0 aromatic carbocycles. The highest BCUT2D eigenvalue weighted by Crippen LogP contribution is 2.23. The molecule has 0 saturated heterocycles. The molecule has 288 valence electrons. The second-order valence-corrected chi connectivity index (χ2v) is 15.5. The van der Waals surface area contributed by atoms with Gasteiger partial charge in [-0.25, -0.2) is 0 Å². The molecule has 0 radical (unpaired) electrons.